The Labute approximate surface area is 173 Å². The lowest BCUT2D eigenvalue weighted by Crippen LogP contribution is -2.50. The fraction of sp³-hybridized carbons (Fsp3) is 0.217. The summed E-state index contributed by atoms with van der Waals surface area (Å²) in [6.45, 7) is 1.57. The van der Waals surface area contributed by atoms with E-state index in [4.69, 9.17) is 9.15 Å². The minimum Gasteiger partial charge on any atom is -0.489 e. The number of para-hydroxylation sites is 1. The minimum atomic E-state index is -0.542. The molecule has 0 radical (unpaired) electrons. The van der Waals surface area contributed by atoms with Crippen LogP contribution in [-0.2, 0) is 6.61 Å². The van der Waals surface area contributed by atoms with Gasteiger partial charge in [-0.15, -0.1) is 0 Å². The van der Waals surface area contributed by atoms with Crippen molar-refractivity contribution in [1.82, 2.24) is 9.80 Å². The van der Waals surface area contributed by atoms with Crippen LogP contribution in [0.5, 0.6) is 5.75 Å². The lowest BCUT2D eigenvalue weighted by Gasteiger charge is -2.34. The number of piperazine rings is 1. The highest BCUT2D eigenvalue weighted by atomic mass is 19.1. The van der Waals surface area contributed by atoms with Crippen LogP contribution in [0, 0.1) is 5.82 Å². The molecule has 0 unspecified atom stereocenters. The highest BCUT2D eigenvalue weighted by Crippen LogP contribution is 2.19. The van der Waals surface area contributed by atoms with Crippen molar-refractivity contribution in [1.29, 1.82) is 0 Å². The summed E-state index contributed by atoms with van der Waals surface area (Å²) in [7, 11) is 0. The summed E-state index contributed by atoms with van der Waals surface area (Å²) in [6, 6.07) is 17.0. The van der Waals surface area contributed by atoms with Crippen LogP contribution in [0.2, 0.25) is 0 Å². The Morgan fingerprint density at radius 2 is 1.50 bits per heavy atom. The Bertz CT molecular complexity index is 1030. The van der Waals surface area contributed by atoms with Gasteiger partial charge in [0.05, 0.1) is 11.8 Å². The van der Waals surface area contributed by atoms with E-state index in [2.05, 4.69) is 0 Å². The number of rotatable bonds is 5. The number of furan rings is 1. The first kappa shape index (κ1) is 19.7. The third kappa shape index (κ3) is 4.20. The molecule has 2 amide bonds. The summed E-state index contributed by atoms with van der Waals surface area (Å²) < 4.78 is 25.0. The van der Waals surface area contributed by atoms with Gasteiger partial charge in [-0.3, -0.25) is 9.59 Å². The molecule has 2 aromatic carbocycles. The van der Waals surface area contributed by atoms with Gasteiger partial charge in [-0.05, 0) is 30.3 Å². The first-order valence-corrected chi connectivity index (χ1v) is 9.71. The number of amides is 2. The molecular formula is C23H21FN2O4. The van der Waals surface area contributed by atoms with Crippen LogP contribution < -0.4 is 4.74 Å². The number of carbonyl (C=O) groups is 2. The summed E-state index contributed by atoms with van der Waals surface area (Å²) >= 11 is 0. The molecule has 1 aliphatic rings. The van der Waals surface area contributed by atoms with Crippen molar-refractivity contribution in [3.05, 3.63) is 89.6 Å². The Balaban J connectivity index is 1.36. The number of halogens is 1. The lowest BCUT2D eigenvalue weighted by molar-refractivity contribution is 0.0513. The predicted octanol–water partition coefficient (Wildman–Crippen LogP) is 3.60. The van der Waals surface area contributed by atoms with Crippen LogP contribution in [0.3, 0.4) is 0 Å². The number of carbonyl (C=O) groups excluding carboxylic acids is 2. The number of benzene rings is 2. The summed E-state index contributed by atoms with van der Waals surface area (Å²) in [6.07, 6.45) is 1.47. The van der Waals surface area contributed by atoms with Crippen LogP contribution in [0.1, 0.15) is 26.5 Å². The number of hydrogen-bond acceptors (Lipinski definition) is 4. The van der Waals surface area contributed by atoms with Gasteiger partial charge in [0, 0.05) is 31.7 Å². The molecule has 1 saturated heterocycles. The van der Waals surface area contributed by atoms with Crippen molar-refractivity contribution in [3.63, 3.8) is 0 Å². The number of ether oxygens (including phenoxy) is 1. The summed E-state index contributed by atoms with van der Waals surface area (Å²) in [5.41, 5.74) is 0.706. The summed E-state index contributed by atoms with van der Waals surface area (Å²) in [5.74, 6) is -0.211. The fourth-order valence-electron chi connectivity index (χ4n) is 3.38. The van der Waals surface area contributed by atoms with Gasteiger partial charge in [0.2, 0.25) is 0 Å². The molecule has 0 bridgehead atoms. The SMILES string of the molecule is O=C(c1ccccc1F)N1CCN(C(=O)c2occc2COc2ccccc2)CC1. The molecule has 30 heavy (non-hydrogen) atoms. The van der Waals surface area contributed by atoms with Gasteiger partial charge in [-0.2, -0.15) is 0 Å². The molecule has 1 fully saturated rings. The van der Waals surface area contributed by atoms with Crippen molar-refractivity contribution in [2.75, 3.05) is 26.2 Å². The lowest BCUT2D eigenvalue weighted by atomic mass is 10.1. The molecule has 1 aliphatic heterocycles. The summed E-state index contributed by atoms with van der Waals surface area (Å²) in [5, 5.41) is 0. The standard InChI is InChI=1S/C23H21FN2O4/c24-20-9-5-4-8-19(20)22(27)25-11-13-26(14-12-25)23(28)21-17(10-15-29-21)16-30-18-6-2-1-3-7-18/h1-10,15H,11-14,16H2. The second-order valence-electron chi connectivity index (χ2n) is 6.94. The zero-order valence-electron chi connectivity index (χ0n) is 16.3. The molecular weight excluding hydrogens is 387 g/mol. The van der Waals surface area contributed by atoms with E-state index in [1.54, 1.807) is 28.0 Å². The molecule has 154 valence electrons. The van der Waals surface area contributed by atoms with Crippen LogP contribution in [0.15, 0.2) is 71.3 Å². The first-order chi connectivity index (χ1) is 14.6. The second kappa shape index (κ2) is 8.82. The minimum absolute atomic E-state index is 0.0451. The van der Waals surface area contributed by atoms with Gasteiger partial charge in [0.25, 0.3) is 11.8 Å². The average Bonchev–Trinajstić information content (AvgIpc) is 3.26. The zero-order valence-corrected chi connectivity index (χ0v) is 16.3. The van der Waals surface area contributed by atoms with E-state index in [9.17, 15) is 14.0 Å². The van der Waals surface area contributed by atoms with Crippen LogP contribution in [0.4, 0.5) is 4.39 Å². The fourth-order valence-corrected chi connectivity index (χ4v) is 3.38. The van der Waals surface area contributed by atoms with Crippen LogP contribution >= 0.6 is 0 Å². The normalized spacial score (nSPS) is 13.9. The van der Waals surface area contributed by atoms with E-state index >= 15 is 0 Å². The number of nitrogens with zero attached hydrogens (tertiary/aromatic N) is 2. The molecule has 0 aliphatic carbocycles. The van der Waals surface area contributed by atoms with Gasteiger partial charge in [0.15, 0.2) is 5.76 Å². The molecule has 0 spiro atoms. The monoisotopic (exact) mass is 408 g/mol. The molecule has 2 heterocycles. The molecule has 3 aromatic rings. The van der Waals surface area contributed by atoms with E-state index in [0.29, 0.717) is 37.5 Å². The maximum absolute atomic E-state index is 13.9. The molecule has 0 N–H and O–H groups in total. The van der Waals surface area contributed by atoms with Gasteiger partial charge in [-0.25, -0.2) is 4.39 Å². The smallest absolute Gasteiger partial charge is 0.290 e. The zero-order chi connectivity index (χ0) is 20.9. The van der Waals surface area contributed by atoms with Crippen molar-refractivity contribution in [2.24, 2.45) is 0 Å². The molecule has 0 saturated carbocycles. The Morgan fingerprint density at radius 1 is 0.867 bits per heavy atom. The Hall–Kier alpha value is -3.61. The molecule has 4 rings (SSSR count). The molecule has 7 heteroatoms. The second-order valence-corrected chi connectivity index (χ2v) is 6.94. The van der Waals surface area contributed by atoms with Gasteiger partial charge < -0.3 is 19.0 Å². The third-order valence-corrected chi connectivity index (χ3v) is 5.04. The van der Waals surface area contributed by atoms with E-state index in [-0.39, 0.29) is 29.7 Å². The topological polar surface area (TPSA) is 63.0 Å². The number of hydrogen-bond donors (Lipinski definition) is 0. The predicted molar refractivity (Wildman–Crippen MR) is 108 cm³/mol. The molecule has 1 aromatic heterocycles. The maximum Gasteiger partial charge on any atom is 0.290 e. The first-order valence-electron chi connectivity index (χ1n) is 9.71. The van der Waals surface area contributed by atoms with Gasteiger partial charge >= 0.3 is 0 Å². The average molecular weight is 408 g/mol. The maximum atomic E-state index is 13.9. The Morgan fingerprint density at radius 3 is 2.20 bits per heavy atom. The van der Waals surface area contributed by atoms with Crippen molar-refractivity contribution in [2.45, 2.75) is 6.61 Å². The molecule has 6 nitrogen and oxygen atoms in total. The van der Waals surface area contributed by atoms with E-state index in [1.807, 2.05) is 30.3 Å². The van der Waals surface area contributed by atoms with E-state index in [1.165, 1.54) is 18.4 Å². The van der Waals surface area contributed by atoms with Crippen LogP contribution in [-0.4, -0.2) is 47.8 Å². The van der Waals surface area contributed by atoms with Gasteiger partial charge in [-0.1, -0.05) is 30.3 Å². The van der Waals surface area contributed by atoms with Crippen molar-refractivity contribution >= 4 is 11.8 Å². The third-order valence-electron chi connectivity index (χ3n) is 5.04. The van der Waals surface area contributed by atoms with Crippen molar-refractivity contribution < 1.29 is 23.1 Å². The van der Waals surface area contributed by atoms with E-state index < -0.39 is 5.82 Å². The highest BCUT2D eigenvalue weighted by molar-refractivity contribution is 5.95. The van der Waals surface area contributed by atoms with Crippen LogP contribution in [0.25, 0.3) is 0 Å². The Kier molecular flexibility index (Phi) is 5.79. The summed E-state index contributed by atoms with van der Waals surface area (Å²) in [4.78, 5) is 28.6. The molecule has 0 atom stereocenters. The quantitative estimate of drug-likeness (QED) is 0.647. The highest BCUT2D eigenvalue weighted by Gasteiger charge is 2.29. The van der Waals surface area contributed by atoms with Gasteiger partial charge in [0.1, 0.15) is 18.2 Å². The van der Waals surface area contributed by atoms with Crippen molar-refractivity contribution in [3.8, 4) is 5.75 Å². The largest absolute Gasteiger partial charge is 0.489 e. The van der Waals surface area contributed by atoms with E-state index in [0.717, 1.165) is 0 Å².